The summed E-state index contributed by atoms with van der Waals surface area (Å²) in [5.74, 6) is -0.964. The highest BCUT2D eigenvalue weighted by atomic mass is 16.6. The smallest absolute Gasteiger partial charge is 0.347 e. The Hall–Kier alpha value is -5.24. The third-order valence-electron chi connectivity index (χ3n) is 6.80. The van der Waals surface area contributed by atoms with Crippen molar-refractivity contribution in [3.63, 3.8) is 0 Å². The van der Waals surface area contributed by atoms with Crippen LogP contribution in [0.5, 0.6) is 23.0 Å². The molecule has 0 unspecified atom stereocenters. The lowest BCUT2D eigenvalue weighted by Crippen LogP contribution is -1.99. The quantitative estimate of drug-likeness (QED) is 0.204. The third-order valence-corrected chi connectivity index (χ3v) is 6.80. The molecule has 0 amide bonds. The van der Waals surface area contributed by atoms with E-state index in [9.17, 15) is 19.2 Å². The molecule has 0 atom stereocenters. The Labute approximate surface area is 229 Å². The number of aryl methyl sites for hydroxylation is 4. The topological polar surface area (TPSA) is 105 Å². The summed E-state index contributed by atoms with van der Waals surface area (Å²) >= 11 is 0. The van der Waals surface area contributed by atoms with Gasteiger partial charge in [-0.3, -0.25) is 0 Å². The molecule has 0 bridgehead atoms. The van der Waals surface area contributed by atoms with Crippen LogP contribution >= 0.6 is 0 Å². The number of fused-ring (bicyclic) bond motifs is 2. The zero-order valence-electron chi connectivity index (χ0n) is 22.0. The van der Waals surface area contributed by atoms with E-state index in [4.69, 9.17) is 18.9 Å². The first kappa shape index (κ1) is 25.1. The van der Waals surface area contributed by atoms with Gasteiger partial charge in [0, 0.05) is 11.1 Å². The van der Waals surface area contributed by atoms with Gasteiger partial charge in [-0.2, -0.15) is 0 Å². The lowest BCUT2D eigenvalue weighted by molar-refractivity contribution is 0.0425. The summed E-state index contributed by atoms with van der Waals surface area (Å²) in [4.78, 5) is 48.0. The van der Waals surface area contributed by atoms with Gasteiger partial charge in [-0.25, -0.2) is 19.2 Å². The number of benzene rings is 4. The fourth-order valence-corrected chi connectivity index (χ4v) is 5.07. The highest BCUT2D eigenvalue weighted by Crippen LogP contribution is 2.45. The predicted molar refractivity (Wildman–Crippen MR) is 143 cm³/mol. The predicted octanol–water partition coefficient (Wildman–Crippen LogP) is 6.79. The van der Waals surface area contributed by atoms with Crippen molar-refractivity contribution in [2.45, 2.75) is 27.7 Å². The Bertz CT molecular complexity index is 1680. The van der Waals surface area contributed by atoms with Crippen LogP contribution in [0.2, 0.25) is 0 Å². The SMILES string of the molecule is Cc1cc(C)c(Oc2ccc3c(c2)C(=O)OC3=O)c(-c2cc(C)cc(C)c2Oc2ccc3c(c2)C(=O)OC3=O)c1. The molecule has 0 fully saturated rings. The molecule has 2 heterocycles. The molecule has 0 aliphatic carbocycles. The molecule has 0 aromatic heterocycles. The normalized spacial score (nSPS) is 13.6. The monoisotopic (exact) mass is 534 g/mol. The van der Waals surface area contributed by atoms with Gasteiger partial charge in [0.15, 0.2) is 0 Å². The van der Waals surface area contributed by atoms with Crippen LogP contribution in [0.1, 0.15) is 63.7 Å². The molecular weight excluding hydrogens is 512 g/mol. The summed E-state index contributed by atoms with van der Waals surface area (Å²) in [6.07, 6.45) is 0. The van der Waals surface area contributed by atoms with Crippen LogP contribution < -0.4 is 9.47 Å². The first-order valence-corrected chi connectivity index (χ1v) is 12.5. The zero-order chi connectivity index (χ0) is 28.3. The molecule has 40 heavy (non-hydrogen) atoms. The molecule has 8 nitrogen and oxygen atoms in total. The first-order valence-electron chi connectivity index (χ1n) is 12.5. The Morgan fingerprint density at radius 1 is 0.450 bits per heavy atom. The minimum absolute atomic E-state index is 0.151. The van der Waals surface area contributed by atoms with Gasteiger partial charge in [-0.05, 0) is 98.5 Å². The van der Waals surface area contributed by atoms with Crippen molar-refractivity contribution in [3.8, 4) is 34.1 Å². The van der Waals surface area contributed by atoms with Gasteiger partial charge in [0.05, 0.1) is 22.3 Å². The van der Waals surface area contributed by atoms with Crippen LogP contribution in [0.4, 0.5) is 0 Å². The van der Waals surface area contributed by atoms with Crippen LogP contribution in [0, 0.1) is 27.7 Å². The Morgan fingerprint density at radius 2 is 0.825 bits per heavy atom. The van der Waals surface area contributed by atoms with E-state index in [0.29, 0.717) is 23.0 Å². The van der Waals surface area contributed by atoms with Crippen molar-refractivity contribution in [2.24, 2.45) is 0 Å². The molecule has 0 N–H and O–H groups in total. The second-order valence-electron chi connectivity index (χ2n) is 9.89. The minimum Gasteiger partial charge on any atom is -0.456 e. The standard InChI is InChI=1S/C32H22O8/c1-15-9-17(3)27(37-19-5-7-21-25(13-19)31(35)39-29(21)33)23(11-15)24-12-16(2)10-18(4)28(24)38-20-6-8-22-26(14-20)32(36)40-30(22)34/h5-14H,1-4H3. The van der Waals surface area contributed by atoms with Crippen molar-refractivity contribution < 1.29 is 38.1 Å². The van der Waals surface area contributed by atoms with E-state index in [-0.39, 0.29) is 22.3 Å². The molecule has 4 aromatic rings. The molecule has 198 valence electrons. The van der Waals surface area contributed by atoms with E-state index in [1.54, 1.807) is 12.1 Å². The molecule has 2 aliphatic heterocycles. The zero-order valence-corrected chi connectivity index (χ0v) is 22.0. The van der Waals surface area contributed by atoms with Crippen molar-refractivity contribution in [1.82, 2.24) is 0 Å². The van der Waals surface area contributed by atoms with Crippen LogP contribution in [0.25, 0.3) is 11.1 Å². The van der Waals surface area contributed by atoms with Gasteiger partial charge >= 0.3 is 23.9 Å². The minimum atomic E-state index is -0.712. The summed E-state index contributed by atoms with van der Waals surface area (Å²) in [5, 5.41) is 0. The molecule has 8 heteroatoms. The lowest BCUT2D eigenvalue weighted by atomic mass is 9.95. The maximum atomic E-state index is 12.1. The highest BCUT2D eigenvalue weighted by Gasteiger charge is 2.31. The Balaban J connectivity index is 1.46. The van der Waals surface area contributed by atoms with Crippen LogP contribution in [-0.2, 0) is 9.47 Å². The largest absolute Gasteiger partial charge is 0.456 e. The Morgan fingerprint density at radius 3 is 1.23 bits per heavy atom. The molecule has 0 spiro atoms. The number of hydrogen-bond acceptors (Lipinski definition) is 8. The third kappa shape index (κ3) is 4.19. The van der Waals surface area contributed by atoms with Gasteiger partial charge in [0.2, 0.25) is 0 Å². The Kier molecular flexibility index (Phi) is 5.76. The van der Waals surface area contributed by atoms with E-state index < -0.39 is 23.9 Å². The van der Waals surface area contributed by atoms with E-state index in [0.717, 1.165) is 33.4 Å². The van der Waals surface area contributed by atoms with E-state index >= 15 is 0 Å². The molecule has 0 radical (unpaired) electrons. The molecule has 6 rings (SSSR count). The van der Waals surface area contributed by atoms with Gasteiger partial charge < -0.3 is 18.9 Å². The lowest BCUT2D eigenvalue weighted by Gasteiger charge is -2.20. The number of carbonyl (C=O) groups excluding carboxylic acids is 4. The molecule has 0 saturated heterocycles. The van der Waals surface area contributed by atoms with E-state index in [2.05, 4.69) is 0 Å². The van der Waals surface area contributed by atoms with Crippen molar-refractivity contribution in [2.75, 3.05) is 0 Å². The fourth-order valence-electron chi connectivity index (χ4n) is 5.07. The number of ether oxygens (including phenoxy) is 4. The van der Waals surface area contributed by atoms with Crippen molar-refractivity contribution in [3.05, 3.63) is 105 Å². The number of cyclic esters (lactones) is 4. The average molecular weight is 535 g/mol. The number of rotatable bonds is 5. The molecule has 0 saturated carbocycles. The summed E-state index contributed by atoms with van der Waals surface area (Å²) in [6.45, 7) is 7.79. The fraction of sp³-hybridized carbons (Fsp3) is 0.125. The van der Waals surface area contributed by atoms with Crippen LogP contribution in [0.3, 0.4) is 0 Å². The van der Waals surface area contributed by atoms with Crippen molar-refractivity contribution in [1.29, 1.82) is 0 Å². The summed E-state index contributed by atoms with van der Waals surface area (Å²) in [6, 6.07) is 17.2. The summed E-state index contributed by atoms with van der Waals surface area (Å²) < 4.78 is 22.1. The van der Waals surface area contributed by atoms with E-state index in [1.807, 2.05) is 52.0 Å². The van der Waals surface area contributed by atoms with Crippen molar-refractivity contribution >= 4 is 23.9 Å². The molecule has 4 aromatic carbocycles. The van der Waals surface area contributed by atoms with Crippen LogP contribution in [-0.4, -0.2) is 23.9 Å². The number of hydrogen-bond donors (Lipinski definition) is 0. The van der Waals surface area contributed by atoms with Gasteiger partial charge in [0.25, 0.3) is 0 Å². The second-order valence-corrected chi connectivity index (χ2v) is 9.89. The molecular formula is C32H22O8. The summed E-state index contributed by atoms with van der Waals surface area (Å²) in [7, 11) is 0. The van der Waals surface area contributed by atoms with Gasteiger partial charge in [-0.15, -0.1) is 0 Å². The maximum absolute atomic E-state index is 12.1. The van der Waals surface area contributed by atoms with Gasteiger partial charge in [0.1, 0.15) is 23.0 Å². The van der Waals surface area contributed by atoms with Gasteiger partial charge in [-0.1, -0.05) is 12.1 Å². The number of carbonyl (C=O) groups is 4. The summed E-state index contributed by atoms with van der Waals surface area (Å²) in [5.41, 5.74) is 5.86. The van der Waals surface area contributed by atoms with Crippen LogP contribution in [0.15, 0.2) is 60.7 Å². The second kappa shape index (κ2) is 9.20. The highest BCUT2D eigenvalue weighted by molar-refractivity contribution is 6.15. The molecule has 2 aliphatic rings. The first-order chi connectivity index (χ1) is 19.1. The van der Waals surface area contributed by atoms with E-state index in [1.165, 1.54) is 24.3 Å². The maximum Gasteiger partial charge on any atom is 0.347 e. The number of esters is 4. The average Bonchev–Trinajstić information content (AvgIpc) is 3.35.